The van der Waals surface area contributed by atoms with E-state index in [9.17, 15) is 9.59 Å². The lowest BCUT2D eigenvalue weighted by Gasteiger charge is -2.14. The number of aromatic nitrogens is 1. The summed E-state index contributed by atoms with van der Waals surface area (Å²) in [6.45, 7) is 0.901. The third-order valence-electron chi connectivity index (χ3n) is 3.31. The Kier molecular flexibility index (Phi) is 7.20. The van der Waals surface area contributed by atoms with Crippen LogP contribution >= 0.6 is 23.2 Å². The molecule has 0 unspecified atom stereocenters. The van der Waals surface area contributed by atoms with Crippen molar-refractivity contribution in [3.63, 3.8) is 0 Å². The Morgan fingerprint density at radius 1 is 1.23 bits per heavy atom. The van der Waals surface area contributed by atoms with Crippen LogP contribution in [0, 0.1) is 0 Å². The van der Waals surface area contributed by atoms with Gasteiger partial charge in [0, 0.05) is 22.5 Å². The summed E-state index contributed by atoms with van der Waals surface area (Å²) in [7, 11) is 0. The van der Waals surface area contributed by atoms with Gasteiger partial charge in [-0.05, 0) is 24.3 Å². The summed E-state index contributed by atoms with van der Waals surface area (Å²) in [5.74, 6) is -0.289. The molecule has 2 rings (SSSR count). The second-order valence-corrected chi connectivity index (χ2v) is 6.11. The average Bonchev–Trinajstić information content (AvgIpc) is 2.60. The molecule has 1 aromatic heterocycles. The molecule has 9 heteroatoms. The van der Waals surface area contributed by atoms with E-state index in [4.69, 9.17) is 33.0 Å². The average molecular weight is 398 g/mol. The number of amides is 2. The van der Waals surface area contributed by atoms with Gasteiger partial charge < -0.3 is 20.5 Å². The molecule has 7 nitrogen and oxygen atoms in total. The lowest BCUT2D eigenvalue weighted by atomic mass is 10.2. The van der Waals surface area contributed by atoms with E-state index in [1.54, 1.807) is 24.3 Å². The van der Waals surface area contributed by atoms with Crippen LogP contribution in [0.5, 0.6) is 5.75 Å². The minimum atomic E-state index is -1.05. The molecule has 0 fully saturated rings. The van der Waals surface area contributed by atoms with Crippen LogP contribution < -0.4 is 15.4 Å². The topological polar surface area (TPSA) is 101 Å². The maximum absolute atomic E-state index is 12.0. The molecule has 0 spiro atoms. The summed E-state index contributed by atoms with van der Waals surface area (Å²) in [5.41, 5.74) is 0.661. The van der Waals surface area contributed by atoms with Crippen molar-refractivity contribution < 1.29 is 19.4 Å². The minimum absolute atomic E-state index is 0.168. The molecule has 0 saturated carbocycles. The number of carbonyl (C=O) groups is 2. The first-order valence-electron chi connectivity index (χ1n) is 7.61. The number of hydrogen-bond acceptors (Lipinski definition) is 5. The van der Waals surface area contributed by atoms with Crippen LogP contribution in [0.2, 0.25) is 10.0 Å². The standard InChI is InChI=1S/C17H17Cl2N3O4/c1-10(24)21-15(8-23)17(25)22-16-6-5-11(7-20-16)26-9-12-13(18)3-2-4-14(12)19/h2-7,15,23H,8-9H2,1H3,(H,21,24)(H,20,22,25)/t15-/m1/s1. The number of nitrogens with one attached hydrogen (secondary N) is 2. The number of rotatable bonds is 7. The van der Waals surface area contributed by atoms with Gasteiger partial charge in [-0.1, -0.05) is 29.3 Å². The van der Waals surface area contributed by atoms with Gasteiger partial charge in [0.15, 0.2) is 0 Å². The summed E-state index contributed by atoms with van der Waals surface area (Å²) in [6.07, 6.45) is 1.42. The smallest absolute Gasteiger partial charge is 0.250 e. The molecule has 138 valence electrons. The number of carbonyl (C=O) groups excluding carboxylic acids is 2. The molecule has 2 aromatic rings. The number of nitrogens with zero attached hydrogens (tertiary/aromatic N) is 1. The van der Waals surface area contributed by atoms with Crippen molar-refractivity contribution in [1.82, 2.24) is 10.3 Å². The fourth-order valence-corrected chi connectivity index (χ4v) is 2.52. The lowest BCUT2D eigenvalue weighted by molar-refractivity contribution is -0.126. The summed E-state index contributed by atoms with van der Waals surface area (Å²) >= 11 is 12.2. The largest absolute Gasteiger partial charge is 0.487 e. The zero-order valence-electron chi connectivity index (χ0n) is 13.8. The summed E-state index contributed by atoms with van der Waals surface area (Å²) in [5, 5.41) is 15.0. The number of benzene rings is 1. The Morgan fingerprint density at radius 2 is 1.92 bits per heavy atom. The van der Waals surface area contributed by atoms with Crippen LogP contribution in [0.15, 0.2) is 36.5 Å². The second-order valence-electron chi connectivity index (χ2n) is 5.29. The maximum Gasteiger partial charge on any atom is 0.250 e. The summed E-state index contributed by atoms with van der Waals surface area (Å²) in [6, 6.07) is 7.27. The van der Waals surface area contributed by atoms with Crippen molar-refractivity contribution in [2.75, 3.05) is 11.9 Å². The molecule has 0 radical (unpaired) electrons. The first-order valence-corrected chi connectivity index (χ1v) is 8.37. The van der Waals surface area contributed by atoms with E-state index in [2.05, 4.69) is 15.6 Å². The monoisotopic (exact) mass is 397 g/mol. The van der Waals surface area contributed by atoms with Gasteiger partial charge in [-0.2, -0.15) is 0 Å². The van der Waals surface area contributed by atoms with Crippen LogP contribution in [0.4, 0.5) is 5.82 Å². The van der Waals surface area contributed by atoms with Crippen LogP contribution in [-0.4, -0.2) is 34.6 Å². The molecule has 1 atom stereocenters. The van der Waals surface area contributed by atoms with Gasteiger partial charge in [0.05, 0.1) is 12.8 Å². The molecule has 0 aliphatic carbocycles. The number of ether oxygens (including phenoxy) is 1. The Balaban J connectivity index is 1.95. The zero-order valence-corrected chi connectivity index (χ0v) is 15.3. The van der Waals surface area contributed by atoms with E-state index < -0.39 is 24.5 Å². The van der Waals surface area contributed by atoms with Crippen molar-refractivity contribution in [2.45, 2.75) is 19.6 Å². The summed E-state index contributed by atoms with van der Waals surface area (Å²) in [4.78, 5) is 27.0. The Morgan fingerprint density at radius 3 is 2.46 bits per heavy atom. The van der Waals surface area contributed by atoms with Crippen LogP contribution in [0.3, 0.4) is 0 Å². The van der Waals surface area contributed by atoms with Crippen molar-refractivity contribution in [2.24, 2.45) is 0 Å². The molecule has 1 heterocycles. The van der Waals surface area contributed by atoms with Crippen LogP contribution in [0.25, 0.3) is 0 Å². The van der Waals surface area contributed by atoms with E-state index in [0.717, 1.165) is 0 Å². The highest BCUT2D eigenvalue weighted by Gasteiger charge is 2.18. The zero-order chi connectivity index (χ0) is 19.1. The van der Waals surface area contributed by atoms with Crippen molar-refractivity contribution >= 4 is 40.8 Å². The first-order chi connectivity index (χ1) is 12.4. The fraction of sp³-hybridized carbons (Fsp3) is 0.235. The third-order valence-corrected chi connectivity index (χ3v) is 4.02. The van der Waals surface area contributed by atoms with E-state index >= 15 is 0 Å². The third kappa shape index (κ3) is 5.59. The highest BCUT2D eigenvalue weighted by Crippen LogP contribution is 2.25. The summed E-state index contributed by atoms with van der Waals surface area (Å²) < 4.78 is 5.59. The van der Waals surface area contributed by atoms with Gasteiger partial charge in [-0.3, -0.25) is 9.59 Å². The quantitative estimate of drug-likeness (QED) is 0.665. The Bertz CT molecular complexity index is 764. The normalized spacial score (nSPS) is 11.5. The molecular formula is C17H17Cl2N3O4. The van der Waals surface area contributed by atoms with Crippen LogP contribution in [-0.2, 0) is 16.2 Å². The number of aliphatic hydroxyl groups excluding tert-OH is 1. The van der Waals surface area contributed by atoms with Crippen molar-refractivity contribution in [3.8, 4) is 5.75 Å². The van der Waals surface area contributed by atoms with Gasteiger partial charge >= 0.3 is 0 Å². The molecule has 3 N–H and O–H groups in total. The molecule has 0 saturated heterocycles. The minimum Gasteiger partial charge on any atom is -0.487 e. The molecule has 2 amide bonds. The van der Waals surface area contributed by atoms with E-state index in [0.29, 0.717) is 21.4 Å². The lowest BCUT2D eigenvalue weighted by Crippen LogP contribution is -2.45. The van der Waals surface area contributed by atoms with Crippen molar-refractivity contribution in [1.29, 1.82) is 0 Å². The van der Waals surface area contributed by atoms with Gasteiger partial charge in [-0.15, -0.1) is 0 Å². The number of anilines is 1. The molecular weight excluding hydrogens is 381 g/mol. The van der Waals surface area contributed by atoms with E-state index in [1.807, 2.05) is 0 Å². The predicted octanol–water partition coefficient (Wildman–Crippen LogP) is 2.40. The number of aliphatic hydroxyl groups is 1. The Hall–Kier alpha value is -2.35. The first kappa shape index (κ1) is 20.0. The highest BCUT2D eigenvalue weighted by molar-refractivity contribution is 6.35. The van der Waals surface area contributed by atoms with E-state index in [-0.39, 0.29) is 12.4 Å². The fourth-order valence-electron chi connectivity index (χ4n) is 2.02. The van der Waals surface area contributed by atoms with Gasteiger partial charge in [0.25, 0.3) is 0 Å². The molecule has 0 aliphatic rings. The van der Waals surface area contributed by atoms with E-state index in [1.165, 1.54) is 19.2 Å². The molecule has 1 aromatic carbocycles. The molecule has 0 bridgehead atoms. The van der Waals surface area contributed by atoms with Crippen molar-refractivity contribution in [3.05, 3.63) is 52.1 Å². The molecule has 0 aliphatic heterocycles. The Labute approximate surface area is 160 Å². The second kappa shape index (κ2) is 9.38. The predicted molar refractivity (Wildman–Crippen MR) is 98.4 cm³/mol. The number of pyridine rings is 1. The van der Waals surface area contributed by atoms with Crippen LogP contribution in [0.1, 0.15) is 12.5 Å². The number of hydrogen-bond donors (Lipinski definition) is 3. The van der Waals surface area contributed by atoms with Gasteiger partial charge in [0.1, 0.15) is 24.2 Å². The SMILES string of the molecule is CC(=O)N[C@H](CO)C(=O)Nc1ccc(OCc2c(Cl)cccc2Cl)cn1. The highest BCUT2D eigenvalue weighted by atomic mass is 35.5. The number of halogens is 2. The van der Waals surface area contributed by atoms with Gasteiger partial charge in [-0.25, -0.2) is 4.98 Å². The maximum atomic E-state index is 12.0. The molecule has 26 heavy (non-hydrogen) atoms. The van der Waals surface area contributed by atoms with Gasteiger partial charge in [0.2, 0.25) is 11.8 Å².